The predicted molar refractivity (Wildman–Crippen MR) is 94.9 cm³/mol. The fourth-order valence-corrected chi connectivity index (χ4v) is 2.78. The summed E-state index contributed by atoms with van der Waals surface area (Å²) in [6.45, 7) is 10.0. The number of rotatable bonds is 3. The van der Waals surface area contributed by atoms with E-state index >= 15 is 0 Å². The first-order chi connectivity index (χ1) is 11.3. The first kappa shape index (κ1) is 18.1. The molecule has 1 amide bonds. The van der Waals surface area contributed by atoms with Crippen LogP contribution >= 0.6 is 0 Å². The first-order valence-electron chi connectivity index (χ1n) is 8.51. The fraction of sp³-hybridized carbons (Fsp3) is 0.579. The summed E-state index contributed by atoms with van der Waals surface area (Å²) in [5, 5.41) is 12.5. The van der Waals surface area contributed by atoms with Gasteiger partial charge in [0.15, 0.2) is 0 Å². The van der Waals surface area contributed by atoms with Crippen molar-refractivity contribution >= 4 is 11.8 Å². The van der Waals surface area contributed by atoms with Gasteiger partial charge in [0.25, 0.3) is 0 Å². The number of anilines is 1. The Morgan fingerprint density at radius 1 is 1.38 bits per heavy atom. The van der Waals surface area contributed by atoms with Gasteiger partial charge in [-0.25, -0.2) is 4.79 Å². The van der Waals surface area contributed by atoms with Gasteiger partial charge in [-0.05, 0) is 64.2 Å². The van der Waals surface area contributed by atoms with Crippen LogP contribution in [0.1, 0.15) is 44.7 Å². The van der Waals surface area contributed by atoms with Gasteiger partial charge in [-0.3, -0.25) is 0 Å². The highest BCUT2D eigenvalue weighted by atomic mass is 16.6. The molecule has 5 nitrogen and oxygen atoms in total. The summed E-state index contributed by atoms with van der Waals surface area (Å²) >= 11 is 0. The van der Waals surface area contributed by atoms with Crippen molar-refractivity contribution in [1.82, 2.24) is 4.90 Å². The maximum absolute atomic E-state index is 12.1. The number of piperidine rings is 1. The molecule has 130 valence electrons. The van der Waals surface area contributed by atoms with Crippen LogP contribution in [0.2, 0.25) is 0 Å². The quantitative estimate of drug-likeness (QED) is 0.912. The van der Waals surface area contributed by atoms with E-state index in [2.05, 4.69) is 11.4 Å². The van der Waals surface area contributed by atoms with Gasteiger partial charge in [0, 0.05) is 25.3 Å². The van der Waals surface area contributed by atoms with Gasteiger partial charge >= 0.3 is 6.09 Å². The monoisotopic (exact) mass is 329 g/mol. The van der Waals surface area contributed by atoms with Crippen molar-refractivity contribution in [2.24, 2.45) is 5.92 Å². The average Bonchev–Trinajstić information content (AvgIpc) is 2.53. The topological polar surface area (TPSA) is 65.4 Å². The maximum atomic E-state index is 12.1. The van der Waals surface area contributed by atoms with Crippen LogP contribution in [0.3, 0.4) is 0 Å². The number of amides is 1. The molecule has 1 N–H and O–H groups in total. The third-order valence-corrected chi connectivity index (χ3v) is 4.21. The molecule has 0 aliphatic carbocycles. The number of hydrogen-bond acceptors (Lipinski definition) is 4. The summed E-state index contributed by atoms with van der Waals surface area (Å²) in [7, 11) is 0. The van der Waals surface area contributed by atoms with Gasteiger partial charge in [0.1, 0.15) is 5.60 Å². The van der Waals surface area contributed by atoms with Gasteiger partial charge in [-0.1, -0.05) is 6.07 Å². The van der Waals surface area contributed by atoms with E-state index in [1.807, 2.05) is 45.9 Å². The highest BCUT2D eigenvalue weighted by Gasteiger charge is 2.26. The Labute approximate surface area is 144 Å². The number of nitrogens with one attached hydrogen (secondary N) is 1. The smallest absolute Gasteiger partial charge is 0.410 e. The van der Waals surface area contributed by atoms with Crippen LogP contribution in [0.4, 0.5) is 10.5 Å². The molecule has 1 aromatic rings. The van der Waals surface area contributed by atoms with Crippen LogP contribution in [0.25, 0.3) is 0 Å². The van der Waals surface area contributed by atoms with Gasteiger partial charge in [-0.2, -0.15) is 5.26 Å². The zero-order chi connectivity index (χ0) is 17.7. The molecule has 1 aliphatic heterocycles. The summed E-state index contributed by atoms with van der Waals surface area (Å²) < 4.78 is 5.42. The molecule has 1 aliphatic rings. The zero-order valence-corrected chi connectivity index (χ0v) is 15.1. The van der Waals surface area contributed by atoms with Crippen LogP contribution in [-0.4, -0.2) is 36.2 Å². The molecule has 24 heavy (non-hydrogen) atoms. The van der Waals surface area contributed by atoms with Gasteiger partial charge in [0.05, 0.1) is 11.6 Å². The Hall–Kier alpha value is -2.22. The molecule has 0 spiro atoms. The Balaban J connectivity index is 1.82. The average molecular weight is 329 g/mol. The lowest BCUT2D eigenvalue weighted by Gasteiger charge is -2.33. The standard InChI is InChI=1S/C19H27N3O2/c1-14-5-6-16(12-20)11-17(14)21-13-15-7-9-22(10-8-15)18(23)24-19(2,3)4/h5-6,11,15,21H,7-10,13H2,1-4H3. The minimum Gasteiger partial charge on any atom is -0.444 e. The maximum Gasteiger partial charge on any atom is 0.410 e. The normalized spacial score (nSPS) is 15.7. The number of ether oxygens (including phenoxy) is 1. The van der Waals surface area contributed by atoms with Crippen LogP contribution in [0.5, 0.6) is 0 Å². The number of benzene rings is 1. The molecule has 0 bridgehead atoms. The van der Waals surface area contributed by atoms with Crippen molar-refractivity contribution in [3.05, 3.63) is 29.3 Å². The van der Waals surface area contributed by atoms with E-state index in [-0.39, 0.29) is 6.09 Å². The molecule has 1 fully saturated rings. The van der Waals surface area contributed by atoms with Crippen molar-refractivity contribution in [1.29, 1.82) is 5.26 Å². The fourth-order valence-electron chi connectivity index (χ4n) is 2.78. The lowest BCUT2D eigenvalue weighted by molar-refractivity contribution is 0.0188. The summed E-state index contributed by atoms with van der Waals surface area (Å²) in [6, 6.07) is 7.86. The summed E-state index contributed by atoms with van der Waals surface area (Å²) in [5.74, 6) is 0.522. The number of nitriles is 1. The molecular weight excluding hydrogens is 302 g/mol. The van der Waals surface area contributed by atoms with Crippen molar-refractivity contribution in [3.63, 3.8) is 0 Å². The summed E-state index contributed by atoms with van der Waals surface area (Å²) in [5.41, 5.74) is 2.38. The molecule has 0 radical (unpaired) electrons. The highest BCUT2D eigenvalue weighted by molar-refractivity contribution is 5.68. The summed E-state index contributed by atoms with van der Waals surface area (Å²) in [4.78, 5) is 13.9. The molecule has 1 aromatic carbocycles. The second kappa shape index (κ2) is 7.57. The molecule has 0 unspecified atom stereocenters. The number of carbonyl (C=O) groups excluding carboxylic acids is 1. The molecular formula is C19H27N3O2. The van der Waals surface area contributed by atoms with E-state index < -0.39 is 5.60 Å². The van der Waals surface area contributed by atoms with Gasteiger partial charge in [0.2, 0.25) is 0 Å². The molecule has 1 saturated heterocycles. The third kappa shape index (κ3) is 5.16. The highest BCUT2D eigenvalue weighted by Crippen LogP contribution is 2.22. The van der Waals surface area contributed by atoms with Crippen molar-refractivity contribution in [2.45, 2.75) is 46.1 Å². The second-order valence-corrected chi connectivity index (χ2v) is 7.43. The Morgan fingerprint density at radius 3 is 2.62 bits per heavy atom. The van der Waals surface area contributed by atoms with E-state index in [0.29, 0.717) is 11.5 Å². The number of carbonyl (C=O) groups is 1. The lowest BCUT2D eigenvalue weighted by Crippen LogP contribution is -2.42. The lowest BCUT2D eigenvalue weighted by atomic mass is 9.96. The molecule has 0 atom stereocenters. The minimum absolute atomic E-state index is 0.216. The predicted octanol–water partition coefficient (Wildman–Crippen LogP) is 3.93. The zero-order valence-electron chi connectivity index (χ0n) is 15.1. The van der Waals surface area contributed by atoms with Crippen LogP contribution in [-0.2, 0) is 4.74 Å². The van der Waals surface area contributed by atoms with E-state index in [4.69, 9.17) is 10.00 Å². The summed E-state index contributed by atoms with van der Waals surface area (Å²) in [6.07, 6.45) is 1.71. The third-order valence-electron chi connectivity index (χ3n) is 4.21. The molecule has 0 saturated carbocycles. The first-order valence-corrected chi connectivity index (χ1v) is 8.51. The number of hydrogen-bond donors (Lipinski definition) is 1. The Kier molecular flexibility index (Phi) is 5.71. The van der Waals surface area contributed by atoms with E-state index in [0.717, 1.165) is 43.7 Å². The van der Waals surface area contributed by atoms with E-state index in [1.54, 1.807) is 4.90 Å². The van der Waals surface area contributed by atoms with Crippen molar-refractivity contribution in [3.8, 4) is 6.07 Å². The molecule has 1 heterocycles. The number of likely N-dealkylation sites (tertiary alicyclic amines) is 1. The molecule has 2 rings (SSSR count). The van der Waals surface area contributed by atoms with Crippen LogP contribution in [0.15, 0.2) is 18.2 Å². The number of aryl methyl sites for hydroxylation is 1. The van der Waals surface area contributed by atoms with Crippen molar-refractivity contribution in [2.75, 3.05) is 25.0 Å². The van der Waals surface area contributed by atoms with Crippen LogP contribution < -0.4 is 5.32 Å². The Bertz CT molecular complexity index is 620. The van der Waals surface area contributed by atoms with Gasteiger partial charge in [-0.15, -0.1) is 0 Å². The van der Waals surface area contributed by atoms with E-state index in [9.17, 15) is 4.79 Å². The van der Waals surface area contributed by atoms with Gasteiger partial charge < -0.3 is 15.0 Å². The molecule has 5 heteroatoms. The largest absolute Gasteiger partial charge is 0.444 e. The Morgan fingerprint density at radius 2 is 2.04 bits per heavy atom. The number of nitrogens with zero attached hydrogens (tertiary/aromatic N) is 2. The van der Waals surface area contributed by atoms with Crippen molar-refractivity contribution < 1.29 is 9.53 Å². The molecule has 0 aromatic heterocycles. The van der Waals surface area contributed by atoms with E-state index in [1.165, 1.54) is 0 Å². The van der Waals surface area contributed by atoms with Crippen LogP contribution in [0, 0.1) is 24.2 Å². The minimum atomic E-state index is -0.446. The SMILES string of the molecule is Cc1ccc(C#N)cc1NCC1CCN(C(=O)OC(C)(C)C)CC1. The second-order valence-electron chi connectivity index (χ2n) is 7.43.